The lowest BCUT2D eigenvalue weighted by Crippen LogP contribution is -2.37. The van der Waals surface area contributed by atoms with Gasteiger partial charge >= 0.3 is 5.69 Å². The molecule has 1 N–H and O–H groups in total. The molecule has 2 aromatic carbocycles. The second-order valence-corrected chi connectivity index (χ2v) is 8.78. The maximum Gasteiger partial charge on any atom is 0.331 e. The molecule has 0 unspecified atom stereocenters. The summed E-state index contributed by atoms with van der Waals surface area (Å²) in [5.74, 6) is 0.315. The molecule has 0 radical (unpaired) electrons. The summed E-state index contributed by atoms with van der Waals surface area (Å²) in [6.45, 7) is 0.835. The summed E-state index contributed by atoms with van der Waals surface area (Å²) in [6, 6.07) is 10.6. The minimum Gasteiger partial charge on any atom is -0.502 e. The van der Waals surface area contributed by atoms with Crippen molar-refractivity contribution in [3.8, 4) is 28.5 Å². The van der Waals surface area contributed by atoms with Gasteiger partial charge in [-0.05, 0) is 35.4 Å². The first-order valence-corrected chi connectivity index (χ1v) is 11.3. The molecule has 1 atom stereocenters. The Morgan fingerprint density at radius 3 is 2.26 bits per heavy atom. The first-order valence-electron chi connectivity index (χ1n) is 10.9. The molecule has 10 heteroatoms. The Balaban J connectivity index is 1.90. The number of hydrogen-bond acceptors (Lipinski definition) is 6. The van der Waals surface area contributed by atoms with Gasteiger partial charge < -0.3 is 23.9 Å². The van der Waals surface area contributed by atoms with Crippen LogP contribution in [-0.4, -0.2) is 39.6 Å². The average molecular weight is 498 g/mol. The van der Waals surface area contributed by atoms with Crippen molar-refractivity contribution < 1.29 is 19.3 Å². The molecule has 0 aliphatic carbocycles. The molecule has 1 aliphatic rings. The quantitative estimate of drug-likeness (QED) is 0.465. The number of benzene rings is 2. The van der Waals surface area contributed by atoms with Gasteiger partial charge in [-0.2, -0.15) is 0 Å². The predicted molar refractivity (Wildman–Crippen MR) is 132 cm³/mol. The number of nitrogens with zero attached hydrogens (tertiary/aromatic N) is 3. The maximum absolute atomic E-state index is 13.5. The van der Waals surface area contributed by atoms with Crippen LogP contribution < -0.4 is 20.7 Å². The van der Waals surface area contributed by atoms with Crippen LogP contribution in [-0.2, 0) is 25.4 Å². The molecule has 9 nitrogen and oxygen atoms in total. The first-order chi connectivity index (χ1) is 16.8. The Morgan fingerprint density at radius 2 is 1.66 bits per heavy atom. The second-order valence-electron chi connectivity index (χ2n) is 8.35. The molecular formula is C25H24ClN3O6. The van der Waals surface area contributed by atoms with Gasteiger partial charge in [-0.1, -0.05) is 23.7 Å². The summed E-state index contributed by atoms with van der Waals surface area (Å²) >= 11 is 6.13. The average Bonchev–Trinajstić information content (AvgIpc) is 3.22. The minimum absolute atomic E-state index is 0.127. The Labute approximate surface area is 205 Å². The normalized spacial score (nSPS) is 15.3. The molecule has 2 aromatic heterocycles. The van der Waals surface area contributed by atoms with Gasteiger partial charge in [-0.3, -0.25) is 13.9 Å². The van der Waals surface area contributed by atoms with Crippen molar-refractivity contribution in [1.29, 1.82) is 0 Å². The smallest absolute Gasteiger partial charge is 0.331 e. The van der Waals surface area contributed by atoms with Crippen LogP contribution in [0.4, 0.5) is 0 Å². The lowest BCUT2D eigenvalue weighted by Gasteiger charge is -2.28. The van der Waals surface area contributed by atoms with Gasteiger partial charge in [0.2, 0.25) is 5.75 Å². The van der Waals surface area contributed by atoms with Gasteiger partial charge in [0, 0.05) is 25.7 Å². The van der Waals surface area contributed by atoms with E-state index in [1.807, 2.05) is 16.7 Å². The molecule has 5 rings (SSSR count). The summed E-state index contributed by atoms with van der Waals surface area (Å²) in [7, 11) is 6.00. The standard InChI is InChI=1S/C25H24ClN3O6/c1-27-20-18(24(31)28(2)25(27)32)19(13-5-7-15(26)8-6-13)29-9-10-35-23(21(20)29)14-11-16(33-3)22(30)17(12-14)34-4/h5-8,11-12,23,30H,9-10H2,1-4H3/t23-/m0/s1. The van der Waals surface area contributed by atoms with Crippen LogP contribution in [0.1, 0.15) is 17.4 Å². The summed E-state index contributed by atoms with van der Waals surface area (Å²) in [4.78, 5) is 26.4. The number of rotatable bonds is 4. The molecule has 0 saturated carbocycles. The predicted octanol–water partition coefficient (Wildman–Crippen LogP) is 3.20. The van der Waals surface area contributed by atoms with E-state index in [1.54, 1.807) is 31.3 Å². The van der Waals surface area contributed by atoms with E-state index in [4.69, 9.17) is 25.8 Å². The molecule has 182 valence electrons. The topological polar surface area (TPSA) is 96.9 Å². The molecule has 3 heterocycles. The van der Waals surface area contributed by atoms with Gasteiger partial charge in [-0.15, -0.1) is 0 Å². The van der Waals surface area contributed by atoms with Crippen LogP contribution in [0.5, 0.6) is 17.2 Å². The maximum atomic E-state index is 13.5. The molecule has 4 aromatic rings. The fourth-order valence-electron chi connectivity index (χ4n) is 4.81. The zero-order valence-electron chi connectivity index (χ0n) is 19.7. The van der Waals surface area contributed by atoms with E-state index in [2.05, 4.69) is 0 Å². The van der Waals surface area contributed by atoms with Crippen LogP contribution in [0.25, 0.3) is 22.2 Å². The monoisotopic (exact) mass is 497 g/mol. The van der Waals surface area contributed by atoms with Crippen molar-refractivity contribution >= 4 is 22.5 Å². The fraction of sp³-hybridized carbons (Fsp3) is 0.280. The lowest BCUT2D eigenvalue weighted by atomic mass is 10.0. The number of aromatic hydroxyl groups is 1. The Hall–Kier alpha value is -3.69. The summed E-state index contributed by atoms with van der Waals surface area (Å²) in [5.41, 5.74) is 2.43. The molecule has 0 spiro atoms. The zero-order chi connectivity index (χ0) is 25.0. The van der Waals surface area contributed by atoms with E-state index in [-0.39, 0.29) is 17.2 Å². The molecule has 0 saturated heterocycles. The van der Waals surface area contributed by atoms with Crippen LogP contribution >= 0.6 is 11.6 Å². The largest absolute Gasteiger partial charge is 0.502 e. The van der Waals surface area contributed by atoms with Gasteiger partial charge in [0.1, 0.15) is 6.10 Å². The number of methoxy groups -OCH3 is 2. The van der Waals surface area contributed by atoms with Crippen molar-refractivity contribution in [1.82, 2.24) is 13.7 Å². The second kappa shape index (κ2) is 8.51. The molecule has 35 heavy (non-hydrogen) atoms. The number of aryl methyl sites for hydroxylation is 1. The van der Waals surface area contributed by atoms with Crippen molar-refractivity contribution in [3.63, 3.8) is 0 Å². The van der Waals surface area contributed by atoms with Crippen LogP contribution in [0.2, 0.25) is 5.02 Å². The third-order valence-corrected chi connectivity index (χ3v) is 6.73. The van der Waals surface area contributed by atoms with E-state index in [0.717, 1.165) is 10.1 Å². The highest BCUT2D eigenvalue weighted by atomic mass is 35.5. The third kappa shape index (κ3) is 3.42. The molecule has 1 aliphatic heterocycles. The van der Waals surface area contributed by atoms with Crippen molar-refractivity contribution in [3.05, 3.63) is 73.5 Å². The van der Waals surface area contributed by atoms with Gasteiger partial charge in [0.05, 0.1) is 43.1 Å². The summed E-state index contributed by atoms with van der Waals surface area (Å²) in [6.07, 6.45) is -0.659. The van der Waals surface area contributed by atoms with Crippen LogP contribution in [0.3, 0.4) is 0 Å². The van der Waals surface area contributed by atoms with Gasteiger partial charge in [0.15, 0.2) is 11.5 Å². The third-order valence-electron chi connectivity index (χ3n) is 6.48. The Kier molecular flexibility index (Phi) is 5.61. The Bertz CT molecular complexity index is 1560. The van der Waals surface area contributed by atoms with E-state index in [9.17, 15) is 14.7 Å². The van der Waals surface area contributed by atoms with E-state index >= 15 is 0 Å². The highest BCUT2D eigenvalue weighted by molar-refractivity contribution is 6.30. The van der Waals surface area contributed by atoms with Crippen molar-refractivity contribution in [2.24, 2.45) is 14.1 Å². The van der Waals surface area contributed by atoms with Gasteiger partial charge in [-0.25, -0.2) is 4.79 Å². The molecular weight excluding hydrogens is 474 g/mol. The van der Waals surface area contributed by atoms with E-state index in [0.29, 0.717) is 46.0 Å². The number of aromatic nitrogens is 3. The van der Waals surface area contributed by atoms with Crippen LogP contribution in [0, 0.1) is 0 Å². The summed E-state index contributed by atoms with van der Waals surface area (Å²) < 4.78 is 21.5. The number of fused-ring (bicyclic) bond motifs is 3. The molecule has 0 bridgehead atoms. The number of phenolic OH excluding ortho intramolecular Hbond substituents is 1. The van der Waals surface area contributed by atoms with Gasteiger partial charge in [0.25, 0.3) is 5.56 Å². The number of halogens is 1. The SMILES string of the molecule is COc1cc([C@@H]2OCCn3c(-c4ccc(Cl)cc4)c4c(=O)n(C)c(=O)n(C)c4c32)cc(OC)c1O. The van der Waals surface area contributed by atoms with Crippen molar-refractivity contribution in [2.75, 3.05) is 20.8 Å². The van der Waals surface area contributed by atoms with E-state index < -0.39 is 17.4 Å². The number of hydrogen-bond donors (Lipinski definition) is 1. The fourth-order valence-corrected chi connectivity index (χ4v) is 4.93. The highest BCUT2D eigenvalue weighted by Crippen LogP contribution is 2.45. The molecule has 0 fully saturated rings. The van der Waals surface area contributed by atoms with E-state index in [1.165, 1.54) is 25.8 Å². The molecule has 0 amide bonds. The number of ether oxygens (including phenoxy) is 3. The summed E-state index contributed by atoms with van der Waals surface area (Å²) in [5, 5.41) is 11.4. The minimum atomic E-state index is -0.659. The van der Waals surface area contributed by atoms with Crippen molar-refractivity contribution in [2.45, 2.75) is 12.6 Å². The Morgan fingerprint density at radius 1 is 1.03 bits per heavy atom. The highest BCUT2D eigenvalue weighted by Gasteiger charge is 2.34. The number of phenols is 1. The van der Waals surface area contributed by atoms with Crippen LogP contribution in [0.15, 0.2) is 46.0 Å². The first kappa shape index (κ1) is 23.1. The lowest BCUT2D eigenvalue weighted by molar-refractivity contribution is 0.0475. The zero-order valence-corrected chi connectivity index (χ0v) is 20.4.